The van der Waals surface area contributed by atoms with Crippen LogP contribution >= 0.6 is 0 Å². The molecule has 1 amide bonds. The average molecular weight is 485 g/mol. The molecule has 186 valence electrons. The molecule has 0 unspecified atom stereocenters. The van der Waals surface area contributed by atoms with E-state index in [-0.39, 0.29) is 5.91 Å². The van der Waals surface area contributed by atoms with Gasteiger partial charge in [-0.25, -0.2) is 4.98 Å². The van der Waals surface area contributed by atoms with E-state index in [2.05, 4.69) is 44.8 Å². The lowest BCUT2D eigenvalue weighted by molar-refractivity contribution is 0.0958. The summed E-state index contributed by atoms with van der Waals surface area (Å²) in [4.78, 5) is 23.3. The van der Waals surface area contributed by atoms with Crippen molar-refractivity contribution in [3.05, 3.63) is 72.1 Å². The second-order valence-corrected chi connectivity index (χ2v) is 9.18. The summed E-state index contributed by atoms with van der Waals surface area (Å²) < 4.78 is 8.03. The number of aryl methyl sites for hydroxylation is 1. The fraction of sp³-hybridized carbons (Fsp3) is 0.321. The predicted octanol–water partition coefficient (Wildman–Crippen LogP) is 4.89. The van der Waals surface area contributed by atoms with E-state index in [1.165, 1.54) is 37.9 Å². The number of nitrogens with zero attached hydrogens (tertiary/aromatic N) is 4. The van der Waals surface area contributed by atoms with Crippen molar-refractivity contribution >= 4 is 28.6 Å². The minimum absolute atomic E-state index is 0.257. The minimum atomic E-state index is -0.257. The average Bonchev–Trinajstić information content (AvgIpc) is 3.22. The normalized spacial score (nSPS) is 14.1. The second kappa shape index (κ2) is 10.8. The van der Waals surface area contributed by atoms with Crippen molar-refractivity contribution in [1.29, 1.82) is 0 Å². The van der Waals surface area contributed by atoms with Gasteiger partial charge in [-0.05, 0) is 68.2 Å². The summed E-state index contributed by atoms with van der Waals surface area (Å²) in [6, 6.07) is 17.7. The Hall–Kier alpha value is -3.91. The van der Waals surface area contributed by atoms with Gasteiger partial charge >= 0.3 is 0 Å². The fourth-order valence-electron chi connectivity index (χ4n) is 4.62. The Morgan fingerprint density at radius 2 is 1.86 bits per heavy atom. The molecule has 1 fully saturated rings. The van der Waals surface area contributed by atoms with Gasteiger partial charge in [-0.3, -0.25) is 9.78 Å². The fourth-order valence-corrected chi connectivity index (χ4v) is 4.62. The number of ether oxygens (including phenoxy) is 1. The zero-order valence-electron chi connectivity index (χ0n) is 20.8. The first-order valence-corrected chi connectivity index (χ1v) is 12.5. The number of pyridine rings is 1. The molecule has 3 heterocycles. The molecule has 36 heavy (non-hydrogen) atoms. The molecule has 2 aromatic carbocycles. The highest BCUT2D eigenvalue weighted by molar-refractivity contribution is 5.92. The number of likely N-dealkylation sites (tertiary alicyclic amines) is 1. The molecule has 8 nitrogen and oxygen atoms in total. The predicted molar refractivity (Wildman–Crippen MR) is 142 cm³/mol. The zero-order chi connectivity index (χ0) is 24.9. The van der Waals surface area contributed by atoms with Crippen molar-refractivity contribution in [2.75, 3.05) is 32.0 Å². The number of rotatable bonds is 8. The van der Waals surface area contributed by atoms with Crippen LogP contribution in [0.3, 0.4) is 0 Å². The smallest absolute Gasteiger partial charge is 0.269 e. The largest absolute Gasteiger partial charge is 0.457 e. The van der Waals surface area contributed by atoms with Gasteiger partial charge in [0.2, 0.25) is 5.95 Å². The van der Waals surface area contributed by atoms with Crippen LogP contribution < -0.4 is 15.4 Å². The lowest BCUT2D eigenvalue weighted by Crippen LogP contribution is -2.31. The van der Waals surface area contributed by atoms with Gasteiger partial charge in [0.25, 0.3) is 5.91 Å². The van der Waals surface area contributed by atoms with E-state index in [0.29, 0.717) is 17.2 Å². The van der Waals surface area contributed by atoms with E-state index in [1.54, 1.807) is 25.4 Å². The van der Waals surface area contributed by atoms with Gasteiger partial charge < -0.3 is 24.8 Å². The monoisotopic (exact) mass is 484 g/mol. The molecular formula is C28H32N6O2. The summed E-state index contributed by atoms with van der Waals surface area (Å²) in [6.45, 7) is 3.56. The molecule has 2 aromatic heterocycles. The van der Waals surface area contributed by atoms with E-state index < -0.39 is 0 Å². The van der Waals surface area contributed by atoms with Gasteiger partial charge in [0.05, 0.1) is 11.0 Å². The zero-order valence-corrected chi connectivity index (χ0v) is 20.8. The van der Waals surface area contributed by atoms with Gasteiger partial charge in [0, 0.05) is 44.7 Å². The number of anilines is 2. The maximum absolute atomic E-state index is 11.9. The Labute approximate surface area is 211 Å². The van der Waals surface area contributed by atoms with E-state index in [9.17, 15) is 4.79 Å². The summed E-state index contributed by atoms with van der Waals surface area (Å²) >= 11 is 0. The van der Waals surface area contributed by atoms with Crippen LogP contribution in [0.2, 0.25) is 0 Å². The molecule has 0 radical (unpaired) electrons. The molecular weight excluding hydrogens is 452 g/mol. The van der Waals surface area contributed by atoms with Crippen molar-refractivity contribution in [3.63, 3.8) is 0 Å². The maximum Gasteiger partial charge on any atom is 0.269 e. The molecule has 1 aliphatic rings. The molecule has 2 N–H and O–H groups in total. The Morgan fingerprint density at radius 3 is 2.69 bits per heavy atom. The van der Waals surface area contributed by atoms with Crippen LogP contribution in [0.25, 0.3) is 11.0 Å². The number of piperidine rings is 1. The summed E-state index contributed by atoms with van der Waals surface area (Å²) in [7, 11) is 3.57. The lowest BCUT2D eigenvalue weighted by atomic mass is 10.1. The minimum Gasteiger partial charge on any atom is -0.457 e. The van der Waals surface area contributed by atoms with Crippen molar-refractivity contribution in [3.8, 4) is 11.5 Å². The highest BCUT2D eigenvalue weighted by Crippen LogP contribution is 2.28. The maximum atomic E-state index is 11.9. The van der Waals surface area contributed by atoms with Crippen LogP contribution in [-0.4, -0.2) is 52.0 Å². The van der Waals surface area contributed by atoms with Crippen molar-refractivity contribution < 1.29 is 9.53 Å². The van der Waals surface area contributed by atoms with Crippen molar-refractivity contribution in [1.82, 2.24) is 24.8 Å². The molecule has 0 spiro atoms. The van der Waals surface area contributed by atoms with E-state index in [1.807, 2.05) is 29.8 Å². The molecule has 0 saturated carbocycles. The second-order valence-electron chi connectivity index (χ2n) is 9.18. The number of benzene rings is 2. The number of nitrogens with one attached hydrogen (secondary N) is 2. The van der Waals surface area contributed by atoms with Crippen LogP contribution in [0.15, 0.2) is 60.8 Å². The van der Waals surface area contributed by atoms with Gasteiger partial charge in [-0.2, -0.15) is 0 Å². The highest BCUT2D eigenvalue weighted by atomic mass is 16.5. The van der Waals surface area contributed by atoms with Crippen molar-refractivity contribution in [2.45, 2.75) is 25.7 Å². The number of hydrogen-bond donors (Lipinski definition) is 2. The number of aromatic nitrogens is 3. The summed E-state index contributed by atoms with van der Waals surface area (Å²) in [6.07, 6.45) is 6.61. The van der Waals surface area contributed by atoms with Crippen LogP contribution in [0, 0.1) is 0 Å². The molecule has 4 aromatic rings. The third-order valence-electron chi connectivity index (χ3n) is 6.63. The first kappa shape index (κ1) is 23.8. The molecule has 8 heteroatoms. The van der Waals surface area contributed by atoms with Crippen LogP contribution in [0.1, 0.15) is 35.3 Å². The standard InChI is InChI=1S/C28H32N6O2/c1-29-27(35)25-19-23(11-13-30-25)36-22-9-10-26-24(18-22)32-28(33(26)2)31-21-8-6-7-20(17-21)12-16-34-14-4-3-5-15-34/h6-11,13,17-19H,3-5,12,14-16H2,1-2H3,(H,29,35)(H,31,32). The van der Waals surface area contributed by atoms with Crippen LogP contribution in [0.4, 0.5) is 11.6 Å². The van der Waals surface area contributed by atoms with Gasteiger partial charge in [-0.1, -0.05) is 18.6 Å². The molecule has 0 bridgehead atoms. The number of imidazole rings is 1. The highest BCUT2D eigenvalue weighted by Gasteiger charge is 2.12. The van der Waals surface area contributed by atoms with E-state index in [4.69, 9.17) is 9.72 Å². The topological polar surface area (TPSA) is 84.3 Å². The third-order valence-corrected chi connectivity index (χ3v) is 6.63. The Balaban J connectivity index is 1.29. The SMILES string of the molecule is CNC(=O)c1cc(Oc2ccc3c(c2)nc(Nc2cccc(CCN4CCCCC4)c2)n3C)ccn1. The number of carbonyl (C=O) groups excluding carboxylic acids is 1. The third kappa shape index (κ3) is 5.49. The van der Waals surface area contributed by atoms with E-state index in [0.717, 1.165) is 35.6 Å². The first-order valence-electron chi connectivity index (χ1n) is 12.5. The molecule has 1 aliphatic heterocycles. The van der Waals surface area contributed by atoms with Gasteiger partial charge in [0.15, 0.2) is 0 Å². The number of hydrogen-bond acceptors (Lipinski definition) is 6. The molecule has 0 atom stereocenters. The Bertz CT molecular complexity index is 1360. The van der Waals surface area contributed by atoms with Crippen molar-refractivity contribution in [2.24, 2.45) is 7.05 Å². The number of amides is 1. The molecule has 1 saturated heterocycles. The number of fused-ring (bicyclic) bond motifs is 1. The van der Waals surface area contributed by atoms with Gasteiger partial charge in [0.1, 0.15) is 17.2 Å². The summed E-state index contributed by atoms with van der Waals surface area (Å²) in [5, 5.41) is 6.05. The summed E-state index contributed by atoms with van der Waals surface area (Å²) in [5.74, 6) is 1.69. The van der Waals surface area contributed by atoms with Crippen LogP contribution in [-0.2, 0) is 13.5 Å². The van der Waals surface area contributed by atoms with Gasteiger partial charge in [-0.15, -0.1) is 0 Å². The Kier molecular flexibility index (Phi) is 7.13. The quantitative estimate of drug-likeness (QED) is 0.370. The van der Waals surface area contributed by atoms with Crippen LogP contribution in [0.5, 0.6) is 11.5 Å². The first-order chi connectivity index (χ1) is 17.6. The Morgan fingerprint density at radius 1 is 1.03 bits per heavy atom. The van der Waals surface area contributed by atoms with E-state index >= 15 is 0 Å². The number of carbonyl (C=O) groups is 1. The lowest BCUT2D eigenvalue weighted by Gasteiger charge is -2.26. The summed E-state index contributed by atoms with van der Waals surface area (Å²) in [5.41, 5.74) is 4.47. The molecule has 0 aliphatic carbocycles. The molecule has 5 rings (SSSR count).